The van der Waals surface area contributed by atoms with Gasteiger partial charge in [0.05, 0.1) is 0 Å². The predicted molar refractivity (Wildman–Crippen MR) is 76.1 cm³/mol. The van der Waals surface area contributed by atoms with Crippen molar-refractivity contribution in [1.29, 1.82) is 0 Å². The topological polar surface area (TPSA) is 9.23 Å². The lowest BCUT2D eigenvalue weighted by molar-refractivity contribution is 0.438. The van der Waals surface area contributed by atoms with Crippen LogP contribution in [-0.4, -0.2) is 8.32 Å². The minimum atomic E-state index is -1.57. The second-order valence-electron chi connectivity index (χ2n) is 5.81. The summed E-state index contributed by atoms with van der Waals surface area (Å²) in [6, 6.07) is 8.42. The van der Waals surface area contributed by atoms with Crippen LogP contribution in [0.4, 0.5) is 0 Å². The summed E-state index contributed by atoms with van der Waals surface area (Å²) in [6.07, 6.45) is 6.98. The summed E-state index contributed by atoms with van der Waals surface area (Å²) in [7, 11) is -1.57. The van der Waals surface area contributed by atoms with Crippen molar-refractivity contribution in [3.05, 3.63) is 29.8 Å². The highest BCUT2D eigenvalue weighted by Crippen LogP contribution is 2.38. The van der Waals surface area contributed by atoms with Gasteiger partial charge in [0.2, 0.25) is 8.32 Å². The zero-order valence-corrected chi connectivity index (χ0v) is 12.3. The van der Waals surface area contributed by atoms with E-state index >= 15 is 0 Å². The molecule has 1 nitrogen and oxygen atoms in total. The van der Waals surface area contributed by atoms with E-state index in [0.717, 1.165) is 11.3 Å². The van der Waals surface area contributed by atoms with E-state index in [0.29, 0.717) is 0 Å². The number of para-hydroxylation sites is 1. The number of rotatable bonds is 3. The first-order valence-electron chi connectivity index (χ1n) is 6.84. The third kappa shape index (κ3) is 3.12. The third-order valence-electron chi connectivity index (χ3n) is 4.05. The predicted octanol–water partition coefficient (Wildman–Crippen LogP) is 4.91. The zero-order valence-electron chi connectivity index (χ0n) is 11.3. The summed E-state index contributed by atoms with van der Waals surface area (Å²) in [6.45, 7) is 6.91. The van der Waals surface area contributed by atoms with Gasteiger partial charge in [-0.05, 0) is 50.0 Å². The normalized spacial score (nSPS) is 18.1. The van der Waals surface area contributed by atoms with Crippen molar-refractivity contribution in [2.24, 2.45) is 0 Å². The number of hydrogen-bond acceptors (Lipinski definition) is 1. The van der Waals surface area contributed by atoms with Crippen LogP contribution in [0, 0.1) is 6.92 Å². The van der Waals surface area contributed by atoms with Gasteiger partial charge in [0, 0.05) is 0 Å². The van der Waals surface area contributed by atoms with E-state index in [4.69, 9.17) is 4.43 Å². The van der Waals surface area contributed by atoms with Crippen LogP contribution in [0.15, 0.2) is 24.3 Å². The van der Waals surface area contributed by atoms with Crippen LogP contribution < -0.4 is 4.43 Å². The smallest absolute Gasteiger partial charge is 0.248 e. The van der Waals surface area contributed by atoms with Crippen molar-refractivity contribution in [3.63, 3.8) is 0 Å². The van der Waals surface area contributed by atoms with Gasteiger partial charge in [-0.25, -0.2) is 0 Å². The first-order valence-corrected chi connectivity index (χ1v) is 9.83. The Morgan fingerprint density at radius 1 is 1.06 bits per heavy atom. The summed E-state index contributed by atoms with van der Waals surface area (Å²) in [4.78, 5) is 0. The van der Waals surface area contributed by atoms with Crippen molar-refractivity contribution >= 4 is 8.32 Å². The Labute approximate surface area is 106 Å². The van der Waals surface area contributed by atoms with Gasteiger partial charge in [-0.3, -0.25) is 0 Å². The highest BCUT2D eigenvalue weighted by molar-refractivity contribution is 6.73. The van der Waals surface area contributed by atoms with Gasteiger partial charge in [-0.1, -0.05) is 37.5 Å². The van der Waals surface area contributed by atoms with Crippen LogP contribution in [-0.2, 0) is 0 Å². The van der Waals surface area contributed by atoms with Crippen LogP contribution in [0.3, 0.4) is 0 Å². The molecule has 1 fully saturated rings. The monoisotopic (exact) mass is 248 g/mol. The average molecular weight is 248 g/mol. The second kappa shape index (κ2) is 5.26. The first kappa shape index (κ1) is 12.7. The number of benzene rings is 1. The molecule has 0 bridgehead atoms. The van der Waals surface area contributed by atoms with Crippen LogP contribution in [0.5, 0.6) is 5.75 Å². The van der Waals surface area contributed by atoms with Crippen molar-refractivity contribution in [2.75, 3.05) is 0 Å². The molecule has 1 saturated carbocycles. The quantitative estimate of drug-likeness (QED) is 0.690. The number of hydrogen-bond donors (Lipinski definition) is 0. The maximum Gasteiger partial charge on any atom is 0.248 e. The molecule has 2 rings (SSSR count). The van der Waals surface area contributed by atoms with Gasteiger partial charge in [-0.2, -0.15) is 0 Å². The third-order valence-corrected chi connectivity index (χ3v) is 7.34. The molecule has 0 aliphatic heterocycles. The molecule has 0 amide bonds. The fraction of sp³-hybridized carbons (Fsp3) is 0.600. The van der Waals surface area contributed by atoms with Crippen LogP contribution in [0.25, 0.3) is 0 Å². The van der Waals surface area contributed by atoms with Crippen LogP contribution in [0.2, 0.25) is 18.6 Å². The van der Waals surface area contributed by atoms with Gasteiger partial charge in [0.1, 0.15) is 5.75 Å². The molecule has 0 N–H and O–H groups in total. The lowest BCUT2D eigenvalue weighted by Gasteiger charge is -2.35. The summed E-state index contributed by atoms with van der Waals surface area (Å²) in [5.74, 6) is 1.11. The van der Waals surface area contributed by atoms with E-state index in [1.165, 1.54) is 37.7 Å². The minimum absolute atomic E-state index is 0.843. The lowest BCUT2D eigenvalue weighted by Crippen LogP contribution is -2.41. The molecule has 1 aromatic rings. The maximum absolute atomic E-state index is 6.41. The fourth-order valence-corrected chi connectivity index (χ4v) is 5.60. The summed E-state index contributed by atoms with van der Waals surface area (Å²) < 4.78 is 6.41. The van der Waals surface area contributed by atoms with Crippen molar-refractivity contribution in [1.82, 2.24) is 0 Å². The molecular weight excluding hydrogens is 224 g/mol. The van der Waals surface area contributed by atoms with E-state index in [1.54, 1.807) is 0 Å². The average Bonchev–Trinajstić information content (AvgIpc) is 2.33. The van der Waals surface area contributed by atoms with Crippen molar-refractivity contribution < 1.29 is 4.43 Å². The molecule has 0 unspecified atom stereocenters. The highest BCUT2D eigenvalue weighted by atomic mass is 28.4. The standard InChI is InChI=1S/C15H24OSi/c1-13-9-7-8-12-15(13)16-17(2,3)14-10-5-4-6-11-14/h7-9,12,14H,4-6,10-11H2,1-3H3. The van der Waals surface area contributed by atoms with Gasteiger partial charge in [0.25, 0.3) is 0 Å². The molecule has 1 aromatic carbocycles. The van der Waals surface area contributed by atoms with Gasteiger partial charge in [0.15, 0.2) is 0 Å². The van der Waals surface area contributed by atoms with E-state index in [2.05, 4.69) is 44.3 Å². The largest absolute Gasteiger partial charge is 0.544 e. The summed E-state index contributed by atoms with van der Waals surface area (Å²) in [5, 5.41) is 0. The Morgan fingerprint density at radius 3 is 2.35 bits per heavy atom. The minimum Gasteiger partial charge on any atom is -0.544 e. The Morgan fingerprint density at radius 2 is 1.71 bits per heavy atom. The van der Waals surface area contributed by atoms with Gasteiger partial charge in [-0.15, -0.1) is 0 Å². The van der Waals surface area contributed by atoms with E-state index in [1.807, 2.05) is 0 Å². The molecule has 94 valence electrons. The van der Waals surface area contributed by atoms with E-state index in [-0.39, 0.29) is 0 Å². The molecule has 17 heavy (non-hydrogen) atoms. The van der Waals surface area contributed by atoms with Crippen LogP contribution in [0.1, 0.15) is 37.7 Å². The summed E-state index contributed by atoms with van der Waals surface area (Å²) in [5.41, 5.74) is 2.11. The first-order chi connectivity index (χ1) is 8.09. The maximum atomic E-state index is 6.41. The zero-order chi connectivity index (χ0) is 12.3. The Bertz CT molecular complexity index is 367. The molecule has 0 atom stereocenters. The Hall–Kier alpha value is -0.763. The molecule has 0 radical (unpaired) electrons. The van der Waals surface area contributed by atoms with E-state index < -0.39 is 8.32 Å². The SMILES string of the molecule is Cc1ccccc1O[Si](C)(C)C1CCCCC1. The summed E-state index contributed by atoms with van der Waals surface area (Å²) >= 11 is 0. The fourth-order valence-electron chi connectivity index (χ4n) is 2.84. The van der Waals surface area contributed by atoms with Crippen molar-refractivity contribution in [2.45, 2.75) is 57.7 Å². The molecule has 0 aromatic heterocycles. The van der Waals surface area contributed by atoms with Gasteiger partial charge < -0.3 is 4.43 Å². The Kier molecular flexibility index (Phi) is 3.92. The van der Waals surface area contributed by atoms with Crippen molar-refractivity contribution in [3.8, 4) is 5.75 Å². The molecular formula is C15H24OSi. The molecule has 0 heterocycles. The number of aryl methyl sites for hydroxylation is 1. The molecule has 1 aliphatic carbocycles. The molecule has 2 heteroatoms. The lowest BCUT2D eigenvalue weighted by atomic mass is 10.0. The van der Waals surface area contributed by atoms with Crippen LogP contribution >= 0.6 is 0 Å². The van der Waals surface area contributed by atoms with Gasteiger partial charge >= 0.3 is 0 Å². The molecule has 1 aliphatic rings. The second-order valence-corrected chi connectivity index (χ2v) is 10.0. The van der Waals surface area contributed by atoms with E-state index in [9.17, 15) is 0 Å². The Balaban J connectivity index is 2.08. The molecule has 0 saturated heterocycles. The highest BCUT2D eigenvalue weighted by Gasteiger charge is 2.36. The molecule has 0 spiro atoms.